The maximum atomic E-state index is 11.1. The summed E-state index contributed by atoms with van der Waals surface area (Å²) >= 11 is 0. The second-order valence-corrected chi connectivity index (χ2v) is 4.31. The zero-order valence-electron chi connectivity index (χ0n) is 11.6. The fraction of sp³-hybridized carbons (Fsp3) is 0.188. The van der Waals surface area contributed by atoms with Gasteiger partial charge in [0.05, 0.1) is 12.8 Å². The van der Waals surface area contributed by atoms with Crippen molar-refractivity contribution in [2.75, 3.05) is 12.4 Å². The number of carbonyl (C=O) groups is 1. The molecule has 2 aromatic carbocycles. The lowest BCUT2D eigenvalue weighted by Gasteiger charge is -2.11. The predicted molar refractivity (Wildman–Crippen MR) is 78.1 cm³/mol. The van der Waals surface area contributed by atoms with Gasteiger partial charge in [0.25, 0.3) is 0 Å². The van der Waals surface area contributed by atoms with Crippen LogP contribution in [0, 0.1) is 0 Å². The maximum absolute atomic E-state index is 11.1. The van der Waals surface area contributed by atoms with Crippen LogP contribution in [0.2, 0.25) is 0 Å². The Hall–Kier alpha value is -2.49. The summed E-state index contributed by atoms with van der Waals surface area (Å²) < 4.78 is 10.8. The van der Waals surface area contributed by atoms with Crippen LogP contribution in [0.3, 0.4) is 0 Å². The number of anilines is 1. The third-order valence-corrected chi connectivity index (χ3v) is 2.75. The van der Waals surface area contributed by atoms with Crippen molar-refractivity contribution in [1.82, 2.24) is 0 Å². The third kappa shape index (κ3) is 3.75. The molecule has 20 heavy (non-hydrogen) atoms. The monoisotopic (exact) mass is 271 g/mol. The second-order valence-electron chi connectivity index (χ2n) is 4.31. The average Bonchev–Trinajstić information content (AvgIpc) is 2.46. The van der Waals surface area contributed by atoms with Gasteiger partial charge in [-0.1, -0.05) is 24.3 Å². The molecule has 4 heteroatoms. The Balaban J connectivity index is 2.04. The number of hydrogen-bond acceptors (Lipinski definition) is 3. The number of amides is 1. The van der Waals surface area contributed by atoms with E-state index in [-0.39, 0.29) is 5.91 Å². The molecule has 0 unspecified atom stereocenters. The Bertz CT molecular complexity index is 579. The number of para-hydroxylation sites is 2. The Kier molecular flexibility index (Phi) is 4.60. The first-order valence-electron chi connectivity index (χ1n) is 6.31. The second kappa shape index (κ2) is 6.61. The van der Waals surface area contributed by atoms with Gasteiger partial charge in [-0.3, -0.25) is 4.79 Å². The number of hydrogen-bond donors (Lipinski definition) is 1. The Morgan fingerprint density at radius 2 is 1.80 bits per heavy atom. The maximum Gasteiger partial charge on any atom is 0.221 e. The van der Waals surface area contributed by atoms with Crippen LogP contribution < -0.4 is 14.8 Å². The highest BCUT2D eigenvalue weighted by molar-refractivity contribution is 5.90. The molecule has 0 aliphatic heterocycles. The van der Waals surface area contributed by atoms with E-state index in [1.165, 1.54) is 6.92 Å². The van der Waals surface area contributed by atoms with Crippen LogP contribution in [-0.4, -0.2) is 13.0 Å². The first kappa shape index (κ1) is 13.9. The first-order chi connectivity index (χ1) is 9.69. The first-order valence-corrected chi connectivity index (χ1v) is 6.31. The number of benzene rings is 2. The van der Waals surface area contributed by atoms with Crippen LogP contribution in [0.25, 0.3) is 0 Å². The van der Waals surface area contributed by atoms with Gasteiger partial charge in [-0.25, -0.2) is 0 Å². The molecule has 0 bridgehead atoms. The summed E-state index contributed by atoms with van der Waals surface area (Å²) in [6, 6.07) is 15.0. The van der Waals surface area contributed by atoms with Crippen LogP contribution in [0.5, 0.6) is 11.5 Å². The van der Waals surface area contributed by atoms with Crippen LogP contribution in [0.1, 0.15) is 12.5 Å². The Labute approximate surface area is 118 Å². The number of ether oxygens (including phenoxy) is 2. The van der Waals surface area contributed by atoms with Gasteiger partial charge in [0, 0.05) is 6.92 Å². The lowest BCUT2D eigenvalue weighted by Crippen LogP contribution is -2.07. The molecule has 0 radical (unpaired) electrons. The molecule has 2 aromatic rings. The van der Waals surface area contributed by atoms with E-state index in [9.17, 15) is 4.79 Å². The largest absolute Gasteiger partial charge is 0.497 e. The van der Waals surface area contributed by atoms with Crippen LogP contribution in [-0.2, 0) is 11.4 Å². The van der Waals surface area contributed by atoms with E-state index in [1.807, 2.05) is 48.5 Å². The van der Waals surface area contributed by atoms with E-state index in [1.54, 1.807) is 7.11 Å². The average molecular weight is 271 g/mol. The van der Waals surface area contributed by atoms with Crippen molar-refractivity contribution in [2.24, 2.45) is 0 Å². The third-order valence-electron chi connectivity index (χ3n) is 2.75. The number of nitrogens with one attached hydrogen (secondary N) is 1. The van der Waals surface area contributed by atoms with Gasteiger partial charge in [0.1, 0.15) is 18.1 Å². The Morgan fingerprint density at radius 3 is 2.45 bits per heavy atom. The lowest BCUT2D eigenvalue weighted by atomic mass is 10.2. The van der Waals surface area contributed by atoms with Gasteiger partial charge < -0.3 is 14.8 Å². The minimum absolute atomic E-state index is 0.120. The summed E-state index contributed by atoms with van der Waals surface area (Å²) in [5.74, 6) is 1.34. The van der Waals surface area contributed by atoms with E-state index in [0.29, 0.717) is 18.0 Å². The summed E-state index contributed by atoms with van der Waals surface area (Å²) in [5.41, 5.74) is 1.71. The standard InChI is InChI=1S/C16H17NO3/c1-12(18)17-15-5-3-4-6-16(15)20-11-13-7-9-14(19-2)10-8-13/h3-10H,11H2,1-2H3,(H,17,18). The van der Waals surface area contributed by atoms with Crippen molar-refractivity contribution in [3.05, 3.63) is 54.1 Å². The van der Waals surface area contributed by atoms with Crippen molar-refractivity contribution < 1.29 is 14.3 Å². The number of carbonyl (C=O) groups excluding carboxylic acids is 1. The summed E-state index contributed by atoms with van der Waals surface area (Å²) in [6.45, 7) is 1.90. The molecule has 0 saturated carbocycles. The molecule has 0 aromatic heterocycles. The van der Waals surface area contributed by atoms with Crippen LogP contribution in [0.15, 0.2) is 48.5 Å². The molecule has 0 fully saturated rings. The highest BCUT2D eigenvalue weighted by Gasteiger charge is 2.04. The van der Waals surface area contributed by atoms with Gasteiger partial charge in [0.2, 0.25) is 5.91 Å². The molecular weight excluding hydrogens is 254 g/mol. The molecular formula is C16H17NO3. The molecule has 4 nitrogen and oxygen atoms in total. The molecule has 0 saturated heterocycles. The molecule has 0 aliphatic rings. The topological polar surface area (TPSA) is 47.6 Å². The fourth-order valence-electron chi connectivity index (χ4n) is 1.77. The predicted octanol–water partition coefficient (Wildman–Crippen LogP) is 3.23. The molecule has 1 N–H and O–H groups in total. The van der Waals surface area contributed by atoms with Gasteiger partial charge >= 0.3 is 0 Å². The van der Waals surface area contributed by atoms with Gasteiger partial charge in [0.15, 0.2) is 0 Å². The molecule has 104 valence electrons. The molecule has 0 spiro atoms. The SMILES string of the molecule is COc1ccc(COc2ccccc2NC(C)=O)cc1. The van der Waals surface area contributed by atoms with Crippen LogP contribution in [0.4, 0.5) is 5.69 Å². The van der Waals surface area contributed by atoms with E-state index >= 15 is 0 Å². The minimum atomic E-state index is -0.120. The van der Waals surface area contributed by atoms with E-state index in [4.69, 9.17) is 9.47 Å². The summed E-state index contributed by atoms with van der Waals surface area (Å²) in [4.78, 5) is 11.1. The quantitative estimate of drug-likeness (QED) is 0.908. The summed E-state index contributed by atoms with van der Waals surface area (Å²) in [5, 5.41) is 2.74. The van der Waals surface area contributed by atoms with Gasteiger partial charge in [-0.2, -0.15) is 0 Å². The number of rotatable bonds is 5. The lowest BCUT2D eigenvalue weighted by molar-refractivity contribution is -0.114. The summed E-state index contributed by atoms with van der Waals surface area (Å²) in [7, 11) is 1.63. The van der Waals surface area contributed by atoms with Crippen molar-refractivity contribution in [3.63, 3.8) is 0 Å². The molecule has 0 aliphatic carbocycles. The van der Waals surface area contributed by atoms with Crippen LogP contribution >= 0.6 is 0 Å². The normalized spacial score (nSPS) is 9.90. The summed E-state index contributed by atoms with van der Waals surface area (Å²) in [6.07, 6.45) is 0. The zero-order valence-corrected chi connectivity index (χ0v) is 11.6. The molecule has 0 heterocycles. The number of methoxy groups -OCH3 is 1. The van der Waals surface area contributed by atoms with E-state index < -0.39 is 0 Å². The van der Waals surface area contributed by atoms with Crippen molar-refractivity contribution in [3.8, 4) is 11.5 Å². The van der Waals surface area contributed by atoms with Crippen molar-refractivity contribution in [1.29, 1.82) is 0 Å². The molecule has 0 atom stereocenters. The minimum Gasteiger partial charge on any atom is -0.497 e. The smallest absolute Gasteiger partial charge is 0.221 e. The fourth-order valence-corrected chi connectivity index (χ4v) is 1.77. The Morgan fingerprint density at radius 1 is 1.10 bits per heavy atom. The molecule has 2 rings (SSSR count). The zero-order chi connectivity index (χ0) is 14.4. The van der Waals surface area contributed by atoms with E-state index in [0.717, 1.165) is 11.3 Å². The highest BCUT2D eigenvalue weighted by Crippen LogP contribution is 2.24. The highest BCUT2D eigenvalue weighted by atomic mass is 16.5. The van der Waals surface area contributed by atoms with E-state index in [2.05, 4.69) is 5.32 Å². The molecule has 1 amide bonds. The van der Waals surface area contributed by atoms with Gasteiger partial charge in [-0.05, 0) is 29.8 Å². The van der Waals surface area contributed by atoms with Crippen molar-refractivity contribution >= 4 is 11.6 Å². The van der Waals surface area contributed by atoms with Gasteiger partial charge in [-0.15, -0.1) is 0 Å². The van der Waals surface area contributed by atoms with Crippen molar-refractivity contribution in [2.45, 2.75) is 13.5 Å².